The molecule has 5 rings (SSSR count). The van der Waals surface area contributed by atoms with Gasteiger partial charge in [-0.25, -0.2) is 9.78 Å². The molecule has 4 aromatic rings. The third kappa shape index (κ3) is 4.05. The smallest absolute Gasteiger partial charge is 0.350 e. The minimum atomic E-state index is -0.939. The predicted octanol–water partition coefficient (Wildman–Crippen LogP) is 4.75. The topological polar surface area (TPSA) is 119 Å². The number of para-hydroxylation sites is 1. The second kappa shape index (κ2) is 9.55. The number of carbonyl (C=O) groups excluding carboxylic acids is 2. The number of aromatic nitrogens is 1. The summed E-state index contributed by atoms with van der Waals surface area (Å²) in [4.78, 5) is 46.0. The third-order valence-electron chi connectivity index (χ3n) is 5.89. The van der Waals surface area contributed by atoms with E-state index in [0.717, 1.165) is 11.3 Å². The lowest BCUT2D eigenvalue weighted by Crippen LogP contribution is -2.29. The number of thiazole rings is 1. The number of rotatable bonds is 7. The maximum Gasteiger partial charge on any atom is 0.350 e. The molecule has 1 atom stereocenters. The summed E-state index contributed by atoms with van der Waals surface area (Å²) >= 11 is 0.977. The van der Waals surface area contributed by atoms with Crippen molar-refractivity contribution in [2.45, 2.75) is 19.9 Å². The van der Waals surface area contributed by atoms with Crippen LogP contribution in [0.1, 0.15) is 50.0 Å². The number of hydrogen-bond donors (Lipinski definition) is 1. The van der Waals surface area contributed by atoms with Gasteiger partial charge in [0.05, 0.1) is 29.3 Å². The van der Waals surface area contributed by atoms with E-state index in [4.69, 9.17) is 13.9 Å². The van der Waals surface area contributed by atoms with Crippen LogP contribution in [0.15, 0.2) is 64.3 Å². The summed E-state index contributed by atoms with van der Waals surface area (Å²) in [5.74, 6) is -1.15. The van der Waals surface area contributed by atoms with E-state index in [0.29, 0.717) is 23.3 Å². The Morgan fingerprint density at radius 3 is 2.81 bits per heavy atom. The van der Waals surface area contributed by atoms with Crippen LogP contribution >= 0.6 is 11.3 Å². The number of aromatic hydroxyl groups is 1. The highest BCUT2D eigenvalue weighted by Crippen LogP contribution is 2.44. The van der Waals surface area contributed by atoms with Crippen LogP contribution in [-0.2, 0) is 4.74 Å². The summed E-state index contributed by atoms with van der Waals surface area (Å²) in [5, 5.41) is 10.8. The zero-order valence-corrected chi connectivity index (χ0v) is 20.8. The van der Waals surface area contributed by atoms with Gasteiger partial charge in [-0.15, -0.1) is 0 Å². The SMILES string of the molecule is C=CCOC(=O)c1sc(N2C(=O)c3oc4ccccc4c(=O)c3[C@H]2c2ccc(O)c(OCC)c2)nc1C. The molecule has 188 valence electrons. The lowest BCUT2D eigenvalue weighted by molar-refractivity contribution is 0.0554. The fourth-order valence-corrected chi connectivity index (χ4v) is 5.27. The molecule has 0 unspecified atom stereocenters. The van der Waals surface area contributed by atoms with Crippen LogP contribution in [0.3, 0.4) is 0 Å². The number of aryl methyl sites for hydroxylation is 1. The van der Waals surface area contributed by atoms with Crippen LogP contribution in [-0.4, -0.2) is 35.2 Å². The molecule has 3 heterocycles. The fraction of sp³-hybridized carbons (Fsp3) is 0.185. The summed E-state index contributed by atoms with van der Waals surface area (Å²) in [7, 11) is 0. The number of phenols is 1. The molecule has 2 aromatic heterocycles. The van der Waals surface area contributed by atoms with Crippen molar-refractivity contribution in [3.63, 3.8) is 0 Å². The molecule has 0 saturated heterocycles. The van der Waals surface area contributed by atoms with Crippen molar-refractivity contribution in [3.05, 3.63) is 92.8 Å². The van der Waals surface area contributed by atoms with Crippen LogP contribution in [0.2, 0.25) is 0 Å². The molecule has 1 aliphatic rings. The molecule has 0 aliphatic carbocycles. The Morgan fingerprint density at radius 2 is 2.05 bits per heavy atom. The normalized spacial score (nSPS) is 14.6. The van der Waals surface area contributed by atoms with E-state index in [9.17, 15) is 19.5 Å². The number of phenolic OH excluding ortho intramolecular Hbond substituents is 1. The standard InChI is InChI=1S/C27H22N2O7S/c1-4-12-35-26(33)24-14(3)28-27(37-24)29-21(15-10-11-17(30)19(13-15)34-5-2)20-22(31)16-8-6-7-9-18(16)36-23(20)25(29)32/h4,6-11,13,21,30H,1,5,12H2,2-3H3/t21-/m1/s1. The van der Waals surface area contributed by atoms with Gasteiger partial charge in [-0.2, -0.15) is 0 Å². The van der Waals surface area contributed by atoms with Crippen LogP contribution in [0.25, 0.3) is 11.0 Å². The maximum atomic E-state index is 13.8. The molecule has 2 aromatic carbocycles. The van der Waals surface area contributed by atoms with Crippen molar-refractivity contribution in [2.24, 2.45) is 0 Å². The van der Waals surface area contributed by atoms with E-state index < -0.39 is 17.9 Å². The molecule has 0 fully saturated rings. The van der Waals surface area contributed by atoms with Crippen molar-refractivity contribution in [3.8, 4) is 11.5 Å². The zero-order valence-electron chi connectivity index (χ0n) is 20.0. The number of benzene rings is 2. The van der Waals surface area contributed by atoms with Gasteiger partial charge in [0.1, 0.15) is 17.1 Å². The van der Waals surface area contributed by atoms with Gasteiger partial charge in [-0.3, -0.25) is 14.5 Å². The molecule has 9 nitrogen and oxygen atoms in total. The monoisotopic (exact) mass is 518 g/mol. The minimum Gasteiger partial charge on any atom is -0.504 e. The van der Waals surface area contributed by atoms with Gasteiger partial charge in [0.2, 0.25) is 5.76 Å². The van der Waals surface area contributed by atoms with Crippen LogP contribution in [0.5, 0.6) is 11.5 Å². The highest BCUT2D eigenvalue weighted by molar-refractivity contribution is 7.17. The molecule has 1 N–H and O–H groups in total. The van der Waals surface area contributed by atoms with Gasteiger partial charge in [0, 0.05) is 0 Å². The summed E-state index contributed by atoms with van der Waals surface area (Å²) in [6.07, 6.45) is 1.45. The quantitative estimate of drug-likeness (QED) is 0.275. The number of carbonyl (C=O) groups is 2. The third-order valence-corrected chi connectivity index (χ3v) is 7.02. The van der Waals surface area contributed by atoms with Crippen LogP contribution in [0.4, 0.5) is 5.13 Å². The van der Waals surface area contributed by atoms with E-state index in [-0.39, 0.29) is 50.5 Å². The first-order valence-corrected chi connectivity index (χ1v) is 12.3. The molecule has 37 heavy (non-hydrogen) atoms. The molecule has 0 radical (unpaired) electrons. The first-order valence-electron chi connectivity index (χ1n) is 11.5. The summed E-state index contributed by atoms with van der Waals surface area (Å²) in [6.45, 7) is 7.28. The number of amides is 1. The fourth-order valence-electron chi connectivity index (χ4n) is 4.28. The Bertz CT molecular complexity index is 1620. The largest absolute Gasteiger partial charge is 0.504 e. The van der Waals surface area contributed by atoms with Crippen molar-refractivity contribution >= 4 is 39.3 Å². The molecule has 10 heteroatoms. The lowest BCUT2D eigenvalue weighted by atomic mass is 9.98. The van der Waals surface area contributed by atoms with Crippen molar-refractivity contribution in [1.82, 2.24) is 4.98 Å². The van der Waals surface area contributed by atoms with Gasteiger partial charge in [-0.1, -0.05) is 42.2 Å². The highest BCUT2D eigenvalue weighted by Gasteiger charge is 2.45. The van der Waals surface area contributed by atoms with Gasteiger partial charge >= 0.3 is 5.97 Å². The number of anilines is 1. The van der Waals surface area contributed by atoms with Gasteiger partial charge < -0.3 is 19.0 Å². The Morgan fingerprint density at radius 1 is 1.27 bits per heavy atom. The minimum absolute atomic E-state index is 0.0287. The number of fused-ring (bicyclic) bond motifs is 2. The predicted molar refractivity (Wildman–Crippen MR) is 138 cm³/mol. The first-order chi connectivity index (χ1) is 17.8. The second-order valence-electron chi connectivity index (χ2n) is 8.21. The number of ether oxygens (including phenoxy) is 2. The van der Waals surface area contributed by atoms with Crippen LogP contribution < -0.4 is 15.1 Å². The maximum absolute atomic E-state index is 13.8. The molecule has 1 aliphatic heterocycles. The van der Waals surface area contributed by atoms with E-state index in [1.807, 2.05) is 0 Å². The van der Waals surface area contributed by atoms with Crippen LogP contribution in [0, 0.1) is 6.92 Å². The Balaban J connectivity index is 1.72. The molecule has 0 bridgehead atoms. The van der Waals surface area contributed by atoms with Gasteiger partial charge in [0.25, 0.3) is 5.91 Å². The van der Waals surface area contributed by atoms with Crippen molar-refractivity contribution < 1.29 is 28.6 Å². The second-order valence-corrected chi connectivity index (χ2v) is 9.18. The molecular weight excluding hydrogens is 496 g/mol. The molecular formula is C27H22N2O7S. The van der Waals surface area contributed by atoms with Crippen molar-refractivity contribution in [1.29, 1.82) is 0 Å². The molecule has 1 amide bonds. The van der Waals surface area contributed by atoms with E-state index in [1.54, 1.807) is 50.2 Å². The average Bonchev–Trinajstić information content (AvgIpc) is 3.41. The molecule has 0 saturated carbocycles. The van der Waals surface area contributed by atoms with E-state index in [1.165, 1.54) is 17.0 Å². The highest BCUT2D eigenvalue weighted by atomic mass is 32.1. The van der Waals surface area contributed by atoms with E-state index in [2.05, 4.69) is 11.6 Å². The first kappa shape index (κ1) is 24.3. The van der Waals surface area contributed by atoms with E-state index >= 15 is 0 Å². The summed E-state index contributed by atoms with van der Waals surface area (Å²) in [5.41, 5.74) is 0.939. The van der Waals surface area contributed by atoms with Crippen molar-refractivity contribution in [2.75, 3.05) is 18.1 Å². The Hall–Kier alpha value is -4.44. The zero-order chi connectivity index (χ0) is 26.3. The Labute approximate surface area is 215 Å². The number of nitrogens with zero attached hydrogens (tertiary/aromatic N) is 2. The van der Waals surface area contributed by atoms with Gasteiger partial charge in [0.15, 0.2) is 22.1 Å². The number of esters is 1. The lowest BCUT2D eigenvalue weighted by Gasteiger charge is -2.23. The van der Waals surface area contributed by atoms with Gasteiger partial charge in [-0.05, 0) is 43.7 Å². The number of hydrogen-bond acceptors (Lipinski definition) is 9. The summed E-state index contributed by atoms with van der Waals surface area (Å²) < 4.78 is 16.6. The molecule has 0 spiro atoms. The summed E-state index contributed by atoms with van der Waals surface area (Å²) in [6, 6.07) is 10.4. The average molecular weight is 519 g/mol. The Kier molecular flexibility index (Phi) is 6.26.